The number of amides is 1. The number of carbonyl (C=O) groups excluding carboxylic acids is 1. The first kappa shape index (κ1) is 24.7. The average molecular weight is 532 g/mol. The lowest BCUT2D eigenvalue weighted by Gasteiger charge is -2.20. The quantitative estimate of drug-likeness (QED) is 0.393. The number of hydrazone groups is 1. The molecular weight excluding hydrogens is 510 g/mol. The molecule has 0 radical (unpaired) electrons. The minimum atomic E-state index is -0.528. The van der Waals surface area contributed by atoms with Gasteiger partial charge in [-0.3, -0.25) is 15.2 Å². The van der Waals surface area contributed by atoms with Crippen LogP contribution in [0.3, 0.4) is 0 Å². The standard InChI is InChI=1S/C27H22ClN5O3S/c1-3-35-22-13-18(12-21(28)23(22)36-15-17-8-6-16(2)7-9-17)11-20-24(29)33-27(31-25(20)34)37-26(32-33)19-5-4-10-30-14-19/h4-14,29H,3,15H2,1-2H3. The molecule has 2 aliphatic heterocycles. The molecule has 3 aromatic rings. The Bertz CT molecular complexity index is 1470. The van der Waals surface area contributed by atoms with E-state index in [0.29, 0.717) is 45.5 Å². The van der Waals surface area contributed by atoms with E-state index >= 15 is 0 Å². The second-order valence-corrected chi connectivity index (χ2v) is 9.57. The first-order valence-corrected chi connectivity index (χ1v) is 12.7. The maximum atomic E-state index is 12.9. The molecule has 1 aromatic heterocycles. The molecule has 0 aliphatic carbocycles. The van der Waals surface area contributed by atoms with Crippen LogP contribution >= 0.6 is 23.4 Å². The monoisotopic (exact) mass is 531 g/mol. The Morgan fingerprint density at radius 2 is 1.97 bits per heavy atom. The molecule has 0 bridgehead atoms. The number of thioether (sulfide) groups is 1. The van der Waals surface area contributed by atoms with E-state index in [9.17, 15) is 4.79 Å². The summed E-state index contributed by atoms with van der Waals surface area (Å²) in [5.74, 6) is 0.259. The van der Waals surface area contributed by atoms with Crippen molar-refractivity contribution < 1.29 is 14.3 Å². The SMILES string of the molecule is CCOc1cc(C=C2C(=N)N3N=C(c4cccnc4)SC3=NC2=O)cc(Cl)c1OCc1ccc(C)cc1. The van der Waals surface area contributed by atoms with E-state index < -0.39 is 5.91 Å². The van der Waals surface area contributed by atoms with Crippen LogP contribution in [-0.2, 0) is 11.4 Å². The van der Waals surface area contributed by atoms with Crippen LogP contribution in [0, 0.1) is 12.3 Å². The van der Waals surface area contributed by atoms with Crippen molar-refractivity contribution in [3.8, 4) is 11.5 Å². The Kier molecular flexibility index (Phi) is 7.07. The van der Waals surface area contributed by atoms with Gasteiger partial charge < -0.3 is 9.47 Å². The number of hydrogen-bond acceptors (Lipinski definition) is 7. The Morgan fingerprint density at radius 1 is 1.16 bits per heavy atom. The summed E-state index contributed by atoms with van der Waals surface area (Å²) in [6.07, 6.45) is 4.90. The number of pyridine rings is 1. The van der Waals surface area contributed by atoms with Gasteiger partial charge in [0.15, 0.2) is 17.3 Å². The van der Waals surface area contributed by atoms with E-state index in [-0.39, 0.29) is 11.4 Å². The van der Waals surface area contributed by atoms with Crippen LogP contribution in [0.1, 0.15) is 29.2 Å². The third-order valence-corrected chi connectivity index (χ3v) is 6.75. The van der Waals surface area contributed by atoms with E-state index in [4.69, 9.17) is 26.5 Å². The van der Waals surface area contributed by atoms with Gasteiger partial charge in [-0.2, -0.15) is 15.1 Å². The zero-order valence-electron chi connectivity index (χ0n) is 20.1. The summed E-state index contributed by atoms with van der Waals surface area (Å²) in [7, 11) is 0. The molecule has 0 saturated carbocycles. The van der Waals surface area contributed by atoms with Crippen LogP contribution in [-0.4, -0.2) is 38.6 Å². The second-order valence-electron chi connectivity index (χ2n) is 8.20. The molecule has 2 aliphatic rings. The Balaban J connectivity index is 1.42. The minimum Gasteiger partial charge on any atom is -0.490 e. The lowest BCUT2D eigenvalue weighted by atomic mass is 10.1. The molecule has 5 rings (SSSR count). The van der Waals surface area contributed by atoms with Crippen LogP contribution in [0.15, 0.2) is 76.6 Å². The average Bonchev–Trinajstić information content (AvgIpc) is 3.32. The molecule has 0 unspecified atom stereocenters. The summed E-state index contributed by atoms with van der Waals surface area (Å²) in [6, 6.07) is 15.1. The molecular formula is C27H22ClN5O3S. The summed E-state index contributed by atoms with van der Waals surface area (Å²) in [5.41, 5.74) is 3.61. The van der Waals surface area contributed by atoms with Gasteiger partial charge in [-0.1, -0.05) is 41.4 Å². The van der Waals surface area contributed by atoms with Crippen molar-refractivity contribution in [2.45, 2.75) is 20.5 Å². The molecule has 186 valence electrons. The van der Waals surface area contributed by atoms with Crippen LogP contribution in [0.5, 0.6) is 11.5 Å². The van der Waals surface area contributed by atoms with Gasteiger partial charge in [0.25, 0.3) is 5.91 Å². The predicted molar refractivity (Wildman–Crippen MR) is 146 cm³/mol. The first-order valence-electron chi connectivity index (χ1n) is 11.5. The number of aromatic nitrogens is 1. The number of nitrogens with one attached hydrogen (secondary N) is 1. The number of amidine groups is 2. The first-order chi connectivity index (χ1) is 17.9. The zero-order valence-corrected chi connectivity index (χ0v) is 21.6. The number of ether oxygens (including phenoxy) is 2. The lowest BCUT2D eigenvalue weighted by molar-refractivity contribution is -0.114. The Hall–Kier alpha value is -3.95. The van der Waals surface area contributed by atoms with Crippen LogP contribution < -0.4 is 9.47 Å². The van der Waals surface area contributed by atoms with E-state index in [2.05, 4.69) is 15.1 Å². The number of hydrogen-bond donors (Lipinski definition) is 1. The van der Waals surface area contributed by atoms with E-state index in [1.807, 2.05) is 44.2 Å². The highest BCUT2D eigenvalue weighted by atomic mass is 35.5. The Labute approximate surface area is 223 Å². The van der Waals surface area contributed by atoms with Gasteiger partial charge in [-0.15, -0.1) is 0 Å². The predicted octanol–water partition coefficient (Wildman–Crippen LogP) is 5.69. The van der Waals surface area contributed by atoms with Gasteiger partial charge in [0.1, 0.15) is 11.7 Å². The van der Waals surface area contributed by atoms with Crippen LogP contribution in [0.2, 0.25) is 5.02 Å². The van der Waals surface area contributed by atoms with Gasteiger partial charge in [0.2, 0.25) is 5.17 Å². The van der Waals surface area contributed by atoms with Crippen LogP contribution in [0.4, 0.5) is 0 Å². The summed E-state index contributed by atoms with van der Waals surface area (Å²) < 4.78 is 11.8. The topological polar surface area (TPSA) is 100 Å². The van der Waals surface area contributed by atoms with Crippen molar-refractivity contribution in [3.63, 3.8) is 0 Å². The third-order valence-electron chi connectivity index (χ3n) is 5.51. The van der Waals surface area contributed by atoms with Crippen molar-refractivity contribution in [2.75, 3.05) is 6.61 Å². The van der Waals surface area contributed by atoms with E-state index in [0.717, 1.165) is 11.1 Å². The smallest absolute Gasteiger partial charge is 0.283 e. The fourth-order valence-corrected chi connectivity index (χ4v) is 4.83. The molecule has 0 atom stereocenters. The zero-order chi connectivity index (χ0) is 25.9. The molecule has 1 amide bonds. The molecule has 0 saturated heterocycles. The van der Waals surface area contributed by atoms with Crippen molar-refractivity contribution in [1.82, 2.24) is 9.99 Å². The van der Waals surface area contributed by atoms with Crippen molar-refractivity contribution in [2.24, 2.45) is 10.1 Å². The fraction of sp³-hybridized carbons (Fsp3) is 0.148. The maximum absolute atomic E-state index is 12.9. The molecule has 0 spiro atoms. The number of aliphatic imine (C=N–C) groups is 1. The molecule has 8 nitrogen and oxygen atoms in total. The molecule has 2 aromatic carbocycles. The van der Waals surface area contributed by atoms with Crippen LogP contribution in [0.25, 0.3) is 6.08 Å². The number of fused-ring (bicyclic) bond motifs is 1. The number of halogens is 1. The van der Waals surface area contributed by atoms with Gasteiger partial charge in [0.05, 0.1) is 17.2 Å². The van der Waals surface area contributed by atoms with E-state index in [1.54, 1.807) is 36.7 Å². The molecule has 3 heterocycles. The highest BCUT2D eigenvalue weighted by molar-refractivity contribution is 8.27. The number of carbonyl (C=O) groups is 1. The number of nitrogens with zero attached hydrogens (tertiary/aromatic N) is 4. The van der Waals surface area contributed by atoms with Crippen molar-refractivity contribution >= 4 is 51.4 Å². The minimum absolute atomic E-state index is 0.0739. The van der Waals surface area contributed by atoms with Crippen molar-refractivity contribution in [1.29, 1.82) is 5.41 Å². The summed E-state index contributed by atoms with van der Waals surface area (Å²) in [6.45, 7) is 4.61. The molecule has 10 heteroatoms. The highest BCUT2D eigenvalue weighted by Crippen LogP contribution is 2.38. The summed E-state index contributed by atoms with van der Waals surface area (Å²) in [4.78, 5) is 21.1. The normalized spacial score (nSPS) is 16.0. The fourth-order valence-electron chi connectivity index (χ4n) is 3.68. The molecule has 0 fully saturated rings. The number of rotatable bonds is 7. The lowest BCUT2D eigenvalue weighted by Crippen LogP contribution is -2.35. The number of benzene rings is 2. The maximum Gasteiger partial charge on any atom is 0.283 e. The van der Waals surface area contributed by atoms with E-state index in [1.165, 1.54) is 22.3 Å². The molecule has 1 N–H and O–H groups in total. The summed E-state index contributed by atoms with van der Waals surface area (Å²) in [5, 5.41) is 15.8. The third kappa shape index (κ3) is 5.28. The van der Waals surface area contributed by atoms with Gasteiger partial charge in [-0.25, -0.2) is 0 Å². The van der Waals surface area contributed by atoms with Gasteiger partial charge in [0, 0.05) is 18.0 Å². The highest BCUT2D eigenvalue weighted by Gasteiger charge is 2.36. The van der Waals surface area contributed by atoms with Crippen molar-refractivity contribution in [3.05, 3.63) is 93.8 Å². The van der Waals surface area contributed by atoms with Gasteiger partial charge in [-0.05, 0) is 67.1 Å². The second kappa shape index (κ2) is 10.6. The summed E-state index contributed by atoms with van der Waals surface area (Å²) >= 11 is 7.81. The van der Waals surface area contributed by atoms with Gasteiger partial charge >= 0.3 is 0 Å². The largest absolute Gasteiger partial charge is 0.490 e. The number of aryl methyl sites for hydroxylation is 1. The molecule has 37 heavy (non-hydrogen) atoms. The Morgan fingerprint density at radius 3 is 2.70 bits per heavy atom.